The van der Waals surface area contributed by atoms with Crippen LogP contribution < -0.4 is 11.1 Å². The van der Waals surface area contributed by atoms with E-state index in [4.69, 9.17) is 5.73 Å². The van der Waals surface area contributed by atoms with Crippen molar-refractivity contribution in [3.8, 4) is 0 Å². The van der Waals surface area contributed by atoms with Crippen molar-refractivity contribution in [2.45, 2.75) is 24.7 Å². The van der Waals surface area contributed by atoms with E-state index in [1.807, 2.05) is 24.3 Å². The fourth-order valence-corrected chi connectivity index (χ4v) is 3.50. The lowest BCUT2D eigenvalue weighted by Crippen LogP contribution is -2.27. The van der Waals surface area contributed by atoms with E-state index in [1.165, 1.54) is 11.3 Å². The van der Waals surface area contributed by atoms with Gasteiger partial charge in [-0.05, 0) is 30.5 Å². The van der Waals surface area contributed by atoms with Gasteiger partial charge in [0, 0.05) is 9.85 Å². The molecule has 0 radical (unpaired) electrons. The van der Waals surface area contributed by atoms with Crippen LogP contribution in [0.25, 0.3) is 0 Å². The fraction of sp³-hybridized carbons (Fsp3) is 0.267. The molecule has 0 saturated heterocycles. The molecule has 0 spiro atoms. The largest absolute Gasteiger partial charge is 0.369 e. The molecule has 1 aliphatic rings. The Labute approximate surface area is 140 Å². The maximum atomic E-state index is 12.6. The van der Waals surface area contributed by atoms with Crippen molar-refractivity contribution >= 4 is 44.2 Å². The second-order valence-corrected chi connectivity index (χ2v) is 7.11. The Kier molecular flexibility index (Phi) is 4.01. The number of halogens is 1. The Hall–Kier alpha value is -1.73. The number of benzene rings is 1. The number of hydrogen-bond acceptors (Lipinski definition) is 4. The van der Waals surface area contributed by atoms with E-state index >= 15 is 0 Å². The first kappa shape index (κ1) is 15.2. The number of nitrogens with one attached hydrogen (secondary N) is 1. The van der Waals surface area contributed by atoms with E-state index in [0.717, 1.165) is 22.9 Å². The highest BCUT2D eigenvalue weighted by Crippen LogP contribution is 2.49. The summed E-state index contributed by atoms with van der Waals surface area (Å²) in [4.78, 5) is 27.7. The molecule has 1 aromatic carbocycles. The van der Waals surface area contributed by atoms with Gasteiger partial charge in [-0.1, -0.05) is 28.1 Å². The van der Waals surface area contributed by atoms with Crippen LogP contribution in [0.3, 0.4) is 0 Å². The van der Waals surface area contributed by atoms with Crippen LogP contribution in [0, 0.1) is 0 Å². The van der Waals surface area contributed by atoms with Gasteiger partial charge in [-0.15, -0.1) is 11.3 Å². The second-order valence-electron chi connectivity index (χ2n) is 5.33. The monoisotopic (exact) mass is 379 g/mol. The number of rotatable bonds is 5. The Bertz CT molecular complexity index is 740. The molecule has 1 aromatic heterocycles. The molecule has 0 bridgehead atoms. The summed E-state index contributed by atoms with van der Waals surface area (Å²) in [6.45, 7) is 0. The highest BCUT2D eigenvalue weighted by atomic mass is 79.9. The van der Waals surface area contributed by atoms with Gasteiger partial charge < -0.3 is 11.1 Å². The Morgan fingerprint density at radius 1 is 1.41 bits per heavy atom. The van der Waals surface area contributed by atoms with Crippen LogP contribution in [0.15, 0.2) is 34.1 Å². The minimum absolute atomic E-state index is 0.0504. The number of nitrogens with zero attached hydrogens (tertiary/aromatic N) is 1. The maximum Gasteiger partial charge on any atom is 0.236 e. The van der Waals surface area contributed by atoms with Crippen molar-refractivity contribution in [2.24, 2.45) is 5.73 Å². The minimum atomic E-state index is -0.459. The van der Waals surface area contributed by atoms with Crippen molar-refractivity contribution in [3.05, 3.63) is 45.4 Å². The van der Waals surface area contributed by atoms with Crippen LogP contribution >= 0.6 is 27.3 Å². The third kappa shape index (κ3) is 3.05. The van der Waals surface area contributed by atoms with Crippen LogP contribution in [0.2, 0.25) is 0 Å². The lowest BCUT2D eigenvalue weighted by molar-refractivity contribution is -0.118. The van der Waals surface area contributed by atoms with E-state index in [9.17, 15) is 9.59 Å². The molecule has 0 aliphatic heterocycles. The van der Waals surface area contributed by atoms with Crippen molar-refractivity contribution in [1.82, 2.24) is 4.98 Å². The molecule has 1 saturated carbocycles. The molecule has 5 nitrogen and oxygen atoms in total. The quantitative estimate of drug-likeness (QED) is 0.836. The predicted molar refractivity (Wildman–Crippen MR) is 88.7 cm³/mol. The van der Waals surface area contributed by atoms with Crippen LogP contribution in [0.4, 0.5) is 5.13 Å². The zero-order valence-corrected chi connectivity index (χ0v) is 14.0. The summed E-state index contributed by atoms with van der Waals surface area (Å²) in [6.07, 6.45) is 1.74. The van der Waals surface area contributed by atoms with Gasteiger partial charge in [0.1, 0.15) is 0 Å². The highest BCUT2D eigenvalue weighted by molar-refractivity contribution is 9.10. The summed E-state index contributed by atoms with van der Waals surface area (Å²) in [5.41, 5.74) is 6.27. The molecule has 1 fully saturated rings. The van der Waals surface area contributed by atoms with Gasteiger partial charge in [-0.25, -0.2) is 4.98 Å². The molecule has 2 amide bonds. The average Bonchev–Trinajstić information content (AvgIpc) is 3.16. The summed E-state index contributed by atoms with van der Waals surface area (Å²) < 4.78 is 0.960. The minimum Gasteiger partial charge on any atom is -0.369 e. The van der Waals surface area contributed by atoms with Gasteiger partial charge >= 0.3 is 0 Å². The average molecular weight is 380 g/mol. The first-order chi connectivity index (χ1) is 10.5. The molecule has 1 aliphatic carbocycles. The Morgan fingerprint density at radius 3 is 2.82 bits per heavy atom. The standard InChI is InChI=1S/C15H14BrN3O2S/c16-10-3-1-2-9(6-10)15(4-5-15)13(21)19-14-18-11(8-22-14)7-12(17)20/h1-3,6,8H,4-5,7H2,(H2,17,20)(H,18,19,21). The summed E-state index contributed by atoms with van der Waals surface area (Å²) >= 11 is 4.74. The van der Waals surface area contributed by atoms with E-state index in [2.05, 4.69) is 26.2 Å². The van der Waals surface area contributed by atoms with Gasteiger partial charge in [-0.3, -0.25) is 9.59 Å². The number of amides is 2. The topological polar surface area (TPSA) is 85.1 Å². The SMILES string of the molecule is NC(=O)Cc1csc(NC(=O)C2(c3cccc(Br)c3)CC2)n1. The van der Waals surface area contributed by atoms with Gasteiger partial charge in [0.15, 0.2) is 5.13 Å². The highest BCUT2D eigenvalue weighted by Gasteiger charge is 2.51. The number of thiazole rings is 1. The number of carbonyl (C=O) groups excluding carboxylic acids is 2. The fourth-order valence-electron chi connectivity index (χ4n) is 2.40. The summed E-state index contributed by atoms with van der Waals surface area (Å²) in [6, 6.07) is 7.82. The molecule has 1 heterocycles. The van der Waals surface area contributed by atoms with Crippen LogP contribution in [-0.4, -0.2) is 16.8 Å². The second kappa shape index (κ2) is 5.81. The molecule has 2 aromatic rings. The van der Waals surface area contributed by atoms with Crippen LogP contribution in [-0.2, 0) is 21.4 Å². The summed E-state index contributed by atoms with van der Waals surface area (Å²) in [7, 11) is 0. The molecule has 3 rings (SSSR count). The first-order valence-electron chi connectivity index (χ1n) is 6.80. The summed E-state index contributed by atoms with van der Waals surface area (Å²) in [5.74, 6) is -0.485. The number of hydrogen-bond donors (Lipinski definition) is 2. The van der Waals surface area contributed by atoms with Crippen molar-refractivity contribution in [3.63, 3.8) is 0 Å². The molecule has 3 N–H and O–H groups in total. The number of nitrogens with two attached hydrogens (primary N) is 1. The number of aromatic nitrogens is 1. The van der Waals surface area contributed by atoms with Gasteiger partial charge in [0.25, 0.3) is 0 Å². The van der Waals surface area contributed by atoms with Gasteiger partial charge in [-0.2, -0.15) is 0 Å². The first-order valence-corrected chi connectivity index (χ1v) is 8.47. The van der Waals surface area contributed by atoms with Gasteiger partial charge in [0.2, 0.25) is 11.8 Å². The third-order valence-corrected chi connectivity index (χ3v) is 4.99. The van der Waals surface area contributed by atoms with Crippen molar-refractivity contribution < 1.29 is 9.59 Å². The smallest absolute Gasteiger partial charge is 0.236 e. The number of primary amides is 1. The lowest BCUT2D eigenvalue weighted by Gasteiger charge is -2.14. The normalized spacial score (nSPS) is 15.3. The summed E-state index contributed by atoms with van der Waals surface area (Å²) in [5, 5.41) is 5.09. The molecule has 7 heteroatoms. The van der Waals surface area contributed by atoms with Crippen molar-refractivity contribution in [2.75, 3.05) is 5.32 Å². The molecular formula is C15H14BrN3O2S. The Morgan fingerprint density at radius 2 is 2.18 bits per heavy atom. The van der Waals surface area contributed by atoms with Gasteiger partial charge in [0.05, 0.1) is 17.5 Å². The van der Waals surface area contributed by atoms with E-state index < -0.39 is 11.3 Å². The maximum absolute atomic E-state index is 12.6. The molecule has 0 unspecified atom stereocenters. The van der Waals surface area contributed by atoms with E-state index in [0.29, 0.717) is 10.8 Å². The lowest BCUT2D eigenvalue weighted by atomic mass is 9.95. The number of carbonyl (C=O) groups is 2. The molecule has 114 valence electrons. The molecular weight excluding hydrogens is 366 g/mol. The molecule has 22 heavy (non-hydrogen) atoms. The predicted octanol–water partition coefficient (Wildman–Crippen LogP) is 2.60. The van der Waals surface area contributed by atoms with Crippen LogP contribution in [0.1, 0.15) is 24.1 Å². The zero-order valence-electron chi connectivity index (χ0n) is 11.6. The van der Waals surface area contributed by atoms with E-state index in [1.54, 1.807) is 5.38 Å². The van der Waals surface area contributed by atoms with E-state index in [-0.39, 0.29) is 12.3 Å². The third-order valence-electron chi connectivity index (χ3n) is 3.69. The van der Waals surface area contributed by atoms with Crippen LogP contribution in [0.5, 0.6) is 0 Å². The zero-order chi connectivity index (χ0) is 15.7. The number of anilines is 1. The molecule has 0 atom stereocenters. The Balaban J connectivity index is 1.74. The van der Waals surface area contributed by atoms with Crippen molar-refractivity contribution in [1.29, 1.82) is 0 Å².